The van der Waals surface area contributed by atoms with Crippen molar-refractivity contribution in [1.82, 2.24) is 15.6 Å². The van der Waals surface area contributed by atoms with Crippen LogP contribution in [0.3, 0.4) is 0 Å². The molecular formula is C27H29F2N3O3. The highest BCUT2D eigenvalue weighted by atomic mass is 19.1. The Bertz CT molecular complexity index is 1150. The summed E-state index contributed by atoms with van der Waals surface area (Å²) in [6, 6.07) is 14.0. The van der Waals surface area contributed by atoms with Crippen molar-refractivity contribution < 1.29 is 23.0 Å². The molecule has 1 saturated heterocycles. The number of halogens is 2. The van der Waals surface area contributed by atoms with Crippen molar-refractivity contribution in [2.45, 2.75) is 25.3 Å². The number of rotatable bonds is 9. The molecular weight excluding hydrogens is 452 g/mol. The van der Waals surface area contributed by atoms with E-state index in [0.29, 0.717) is 17.9 Å². The van der Waals surface area contributed by atoms with Crippen LogP contribution in [0.5, 0.6) is 11.5 Å². The molecule has 1 aliphatic heterocycles. The lowest BCUT2D eigenvalue weighted by Crippen LogP contribution is -2.40. The average molecular weight is 482 g/mol. The van der Waals surface area contributed by atoms with Crippen LogP contribution in [0.15, 0.2) is 60.8 Å². The summed E-state index contributed by atoms with van der Waals surface area (Å²) in [5.41, 5.74) is 2.41. The van der Waals surface area contributed by atoms with Crippen LogP contribution in [0.1, 0.15) is 31.0 Å². The van der Waals surface area contributed by atoms with E-state index in [1.54, 1.807) is 13.3 Å². The number of aromatic nitrogens is 1. The van der Waals surface area contributed by atoms with Gasteiger partial charge in [0.25, 0.3) is 0 Å². The van der Waals surface area contributed by atoms with Gasteiger partial charge in [-0.1, -0.05) is 18.2 Å². The summed E-state index contributed by atoms with van der Waals surface area (Å²) in [6.07, 6.45) is 3.51. The minimum Gasteiger partial charge on any atom is -0.497 e. The first-order chi connectivity index (χ1) is 17.0. The number of carbonyl (C=O) groups is 1. The molecule has 0 saturated carbocycles. The molecule has 35 heavy (non-hydrogen) atoms. The number of nitrogens with zero attached hydrogens (tertiary/aromatic N) is 1. The summed E-state index contributed by atoms with van der Waals surface area (Å²) in [6.45, 7) is 1.65. The molecule has 4 rings (SSSR count). The maximum absolute atomic E-state index is 14.0. The quantitative estimate of drug-likeness (QED) is 0.465. The molecule has 1 fully saturated rings. The van der Waals surface area contributed by atoms with Crippen LogP contribution >= 0.6 is 0 Å². The van der Waals surface area contributed by atoms with Gasteiger partial charge in [-0.2, -0.15) is 0 Å². The van der Waals surface area contributed by atoms with Crippen LogP contribution in [0.25, 0.3) is 11.1 Å². The highest BCUT2D eigenvalue weighted by Gasteiger charge is 2.26. The van der Waals surface area contributed by atoms with E-state index in [9.17, 15) is 13.6 Å². The third-order valence-electron chi connectivity index (χ3n) is 6.13. The Kier molecular flexibility index (Phi) is 8.26. The molecule has 8 heteroatoms. The predicted octanol–water partition coefficient (Wildman–Crippen LogP) is 4.66. The third-order valence-corrected chi connectivity index (χ3v) is 6.13. The van der Waals surface area contributed by atoms with Crippen LogP contribution < -0.4 is 20.1 Å². The van der Waals surface area contributed by atoms with E-state index in [1.807, 2.05) is 36.4 Å². The first-order valence-electron chi connectivity index (χ1n) is 11.7. The first-order valence-corrected chi connectivity index (χ1v) is 11.7. The Balaban J connectivity index is 1.59. The zero-order valence-corrected chi connectivity index (χ0v) is 19.6. The van der Waals surface area contributed by atoms with Crippen molar-refractivity contribution in [2.24, 2.45) is 5.92 Å². The number of hydrogen-bond donors (Lipinski definition) is 2. The van der Waals surface area contributed by atoms with Crippen molar-refractivity contribution in [3.63, 3.8) is 0 Å². The molecule has 0 aliphatic carbocycles. The fourth-order valence-electron chi connectivity index (χ4n) is 4.26. The molecule has 1 aromatic heterocycles. The maximum Gasteiger partial charge on any atom is 0.223 e. The lowest BCUT2D eigenvalue weighted by atomic mass is 9.94. The summed E-state index contributed by atoms with van der Waals surface area (Å²) >= 11 is 0. The van der Waals surface area contributed by atoms with E-state index in [4.69, 9.17) is 9.47 Å². The Hall–Kier alpha value is -3.52. The van der Waals surface area contributed by atoms with Gasteiger partial charge in [-0.3, -0.25) is 9.78 Å². The SMILES string of the molecule is COc1cccc(-c2cccnc2[C@H](CCOc2cc(F)ccc2F)NC(=O)C2CCNCC2)c1. The molecule has 3 aromatic rings. The average Bonchev–Trinajstić information content (AvgIpc) is 2.90. The van der Waals surface area contributed by atoms with E-state index in [2.05, 4.69) is 15.6 Å². The number of hydrogen-bond acceptors (Lipinski definition) is 5. The number of carbonyl (C=O) groups excluding carboxylic acids is 1. The fourth-order valence-corrected chi connectivity index (χ4v) is 4.26. The molecule has 2 aromatic carbocycles. The molecule has 1 atom stereocenters. The fraction of sp³-hybridized carbons (Fsp3) is 0.333. The number of amides is 1. The van der Waals surface area contributed by atoms with Gasteiger partial charge in [0.1, 0.15) is 11.6 Å². The van der Waals surface area contributed by atoms with Crippen molar-refractivity contribution in [3.8, 4) is 22.6 Å². The van der Waals surface area contributed by atoms with Crippen LogP contribution in [-0.4, -0.2) is 37.7 Å². The smallest absolute Gasteiger partial charge is 0.223 e. The van der Waals surface area contributed by atoms with E-state index < -0.39 is 17.7 Å². The van der Waals surface area contributed by atoms with Gasteiger partial charge in [0.2, 0.25) is 5.91 Å². The molecule has 0 spiro atoms. The largest absolute Gasteiger partial charge is 0.497 e. The van der Waals surface area contributed by atoms with Crippen molar-refractivity contribution in [1.29, 1.82) is 0 Å². The molecule has 1 aliphatic rings. The highest BCUT2D eigenvalue weighted by Crippen LogP contribution is 2.31. The second-order valence-electron chi connectivity index (χ2n) is 8.47. The van der Waals surface area contributed by atoms with Crippen molar-refractivity contribution in [2.75, 3.05) is 26.8 Å². The van der Waals surface area contributed by atoms with Gasteiger partial charge >= 0.3 is 0 Å². The van der Waals surface area contributed by atoms with Gasteiger partial charge < -0.3 is 20.1 Å². The van der Waals surface area contributed by atoms with Gasteiger partial charge in [0, 0.05) is 30.2 Å². The zero-order valence-electron chi connectivity index (χ0n) is 19.6. The monoisotopic (exact) mass is 481 g/mol. The molecule has 2 heterocycles. The topological polar surface area (TPSA) is 72.5 Å². The Morgan fingerprint density at radius 3 is 2.77 bits per heavy atom. The molecule has 0 radical (unpaired) electrons. The predicted molar refractivity (Wildman–Crippen MR) is 129 cm³/mol. The number of pyridine rings is 1. The number of nitrogens with one attached hydrogen (secondary N) is 2. The van der Waals surface area contributed by atoms with E-state index >= 15 is 0 Å². The normalized spacial score (nSPS) is 14.8. The van der Waals surface area contributed by atoms with E-state index in [-0.39, 0.29) is 24.2 Å². The Labute approximate surface area is 203 Å². The van der Waals surface area contributed by atoms with Crippen LogP contribution in [-0.2, 0) is 4.79 Å². The Morgan fingerprint density at radius 1 is 1.14 bits per heavy atom. The summed E-state index contributed by atoms with van der Waals surface area (Å²) in [7, 11) is 1.61. The number of piperidine rings is 1. The van der Waals surface area contributed by atoms with Crippen LogP contribution in [0.4, 0.5) is 8.78 Å². The van der Waals surface area contributed by atoms with Gasteiger partial charge in [0.05, 0.1) is 25.5 Å². The molecule has 2 N–H and O–H groups in total. The first kappa shape index (κ1) is 24.6. The lowest BCUT2D eigenvalue weighted by Gasteiger charge is -2.26. The third kappa shape index (κ3) is 6.33. The summed E-state index contributed by atoms with van der Waals surface area (Å²) in [4.78, 5) is 17.7. The zero-order chi connectivity index (χ0) is 24.6. The molecule has 6 nitrogen and oxygen atoms in total. The highest BCUT2D eigenvalue weighted by molar-refractivity contribution is 5.79. The van der Waals surface area contributed by atoms with Gasteiger partial charge in [-0.05, 0) is 61.8 Å². The minimum atomic E-state index is -0.642. The van der Waals surface area contributed by atoms with Crippen LogP contribution in [0, 0.1) is 17.6 Å². The maximum atomic E-state index is 14.0. The molecule has 1 amide bonds. The molecule has 0 bridgehead atoms. The van der Waals surface area contributed by atoms with Crippen LogP contribution in [0.2, 0.25) is 0 Å². The van der Waals surface area contributed by atoms with Gasteiger partial charge in [-0.25, -0.2) is 8.78 Å². The number of ether oxygens (including phenoxy) is 2. The Morgan fingerprint density at radius 2 is 1.97 bits per heavy atom. The van der Waals surface area contributed by atoms with Crippen molar-refractivity contribution in [3.05, 3.63) is 78.1 Å². The van der Waals surface area contributed by atoms with Gasteiger partial charge in [-0.15, -0.1) is 0 Å². The molecule has 184 valence electrons. The summed E-state index contributed by atoms with van der Waals surface area (Å²) in [5, 5.41) is 6.41. The van der Waals surface area contributed by atoms with E-state index in [1.165, 1.54) is 0 Å². The summed E-state index contributed by atoms with van der Waals surface area (Å²) in [5.74, 6) is -0.821. The standard InChI is InChI=1S/C27H29F2N3O3/c1-34-21-5-2-4-19(16-21)22-6-3-12-31-26(22)24(32-27(33)18-9-13-30-14-10-18)11-15-35-25-17-20(28)7-8-23(25)29/h2-8,12,16-18,24,30H,9-11,13-15H2,1H3,(H,32,33)/t24-/m0/s1. The molecule has 0 unspecified atom stereocenters. The van der Waals surface area contributed by atoms with E-state index in [0.717, 1.165) is 55.3 Å². The minimum absolute atomic E-state index is 0.0457. The second kappa shape index (κ2) is 11.8. The lowest BCUT2D eigenvalue weighted by molar-refractivity contribution is -0.126. The number of methoxy groups -OCH3 is 1. The number of benzene rings is 2. The van der Waals surface area contributed by atoms with Crippen molar-refractivity contribution >= 4 is 5.91 Å². The summed E-state index contributed by atoms with van der Waals surface area (Å²) < 4.78 is 38.5. The van der Waals surface area contributed by atoms with Gasteiger partial charge in [0.15, 0.2) is 11.6 Å². The second-order valence-corrected chi connectivity index (χ2v) is 8.47.